The van der Waals surface area contributed by atoms with Crippen LogP contribution in [-0.2, 0) is 9.53 Å². The van der Waals surface area contributed by atoms with E-state index >= 15 is 0 Å². The van der Waals surface area contributed by atoms with Gasteiger partial charge in [-0.25, -0.2) is 9.78 Å². The number of ether oxygens (including phenoxy) is 1. The van der Waals surface area contributed by atoms with Crippen LogP contribution < -0.4 is 5.32 Å². The van der Waals surface area contributed by atoms with Crippen LogP contribution in [0.3, 0.4) is 0 Å². The molecule has 1 fully saturated rings. The number of oxazole rings is 1. The molecule has 2 amide bonds. The van der Waals surface area contributed by atoms with E-state index < -0.39 is 0 Å². The van der Waals surface area contributed by atoms with Crippen molar-refractivity contribution in [3.05, 3.63) is 24.1 Å². The van der Waals surface area contributed by atoms with Gasteiger partial charge in [0.1, 0.15) is 5.52 Å². The zero-order chi connectivity index (χ0) is 17.1. The van der Waals surface area contributed by atoms with Gasteiger partial charge in [0.2, 0.25) is 5.91 Å². The molecule has 0 aliphatic carbocycles. The third-order valence-corrected chi connectivity index (χ3v) is 4.08. The highest BCUT2D eigenvalue weighted by atomic mass is 16.6. The van der Waals surface area contributed by atoms with Gasteiger partial charge >= 0.3 is 6.09 Å². The first kappa shape index (κ1) is 16.3. The highest BCUT2D eigenvalue weighted by Gasteiger charge is 2.29. The van der Waals surface area contributed by atoms with Crippen molar-refractivity contribution in [1.29, 1.82) is 0 Å². The number of carbonyl (C=O) groups is 2. The summed E-state index contributed by atoms with van der Waals surface area (Å²) in [6.45, 7) is 4.91. The van der Waals surface area contributed by atoms with Crippen molar-refractivity contribution in [2.24, 2.45) is 5.92 Å². The molecule has 0 radical (unpaired) electrons. The van der Waals surface area contributed by atoms with Crippen molar-refractivity contribution in [2.45, 2.75) is 26.7 Å². The van der Waals surface area contributed by atoms with Gasteiger partial charge in [0.05, 0.1) is 12.5 Å². The van der Waals surface area contributed by atoms with Crippen molar-refractivity contribution in [3.8, 4) is 0 Å². The van der Waals surface area contributed by atoms with E-state index in [4.69, 9.17) is 9.15 Å². The number of piperidine rings is 1. The summed E-state index contributed by atoms with van der Waals surface area (Å²) in [5.41, 5.74) is 2.08. The number of anilines is 1. The minimum absolute atomic E-state index is 0.0939. The van der Waals surface area contributed by atoms with E-state index in [2.05, 4.69) is 10.3 Å². The third kappa shape index (κ3) is 3.50. The number of amides is 2. The van der Waals surface area contributed by atoms with Crippen LogP contribution in [0, 0.1) is 12.8 Å². The SMILES string of the molecule is CCOC(=O)N1CCCC(C(=O)Nc2ccc3oc(C)nc3c2)C1. The Morgan fingerprint density at radius 1 is 1.46 bits per heavy atom. The first-order valence-corrected chi connectivity index (χ1v) is 8.16. The van der Waals surface area contributed by atoms with Crippen LogP contribution in [-0.4, -0.2) is 41.6 Å². The normalized spacial score (nSPS) is 17.8. The van der Waals surface area contributed by atoms with Crippen LogP contribution in [0.5, 0.6) is 0 Å². The van der Waals surface area contributed by atoms with Crippen LogP contribution in [0.4, 0.5) is 10.5 Å². The van der Waals surface area contributed by atoms with Gasteiger partial charge < -0.3 is 19.4 Å². The molecule has 2 heterocycles. The van der Waals surface area contributed by atoms with Gasteiger partial charge in [-0.15, -0.1) is 0 Å². The first-order chi connectivity index (χ1) is 11.6. The zero-order valence-corrected chi connectivity index (χ0v) is 13.9. The molecule has 2 aromatic rings. The molecule has 3 rings (SSSR count). The van der Waals surface area contributed by atoms with Crippen molar-refractivity contribution in [3.63, 3.8) is 0 Å². The maximum absolute atomic E-state index is 12.5. The third-order valence-electron chi connectivity index (χ3n) is 4.08. The number of fused-ring (bicyclic) bond motifs is 1. The number of rotatable bonds is 3. The number of benzene rings is 1. The molecule has 1 atom stereocenters. The number of hydrogen-bond donors (Lipinski definition) is 1. The molecule has 1 saturated heterocycles. The Labute approximate surface area is 140 Å². The van der Waals surface area contributed by atoms with Gasteiger partial charge in [-0.3, -0.25) is 4.79 Å². The summed E-state index contributed by atoms with van der Waals surface area (Å²) in [6, 6.07) is 5.36. The molecule has 0 spiro atoms. The van der Waals surface area contributed by atoms with Crippen molar-refractivity contribution < 1.29 is 18.7 Å². The molecule has 7 nitrogen and oxygen atoms in total. The van der Waals surface area contributed by atoms with E-state index in [1.54, 1.807) is 36.9 Å². The summed E-state index contributed by atoms with van der Waals surface area (Å²) >= 11 is 0. The second kappa shape index (κ2) is 6.90. The molecule has 1 aliphatic rings. The Balaban J connectivity index is 1.65. The van der Waals surface area contributed by atoms with Crippen molar-refractivity contribution in [1.82, 2.24) is 9.88 Å². The van der Waals surface area contributed by atoms with E-state index in [0.29, 0.717) is 42.4 Å². The van der Waals surface area contributed by atoms with Crippen LogP contribution in [0.25, 0.3) is 11.1 Å². The predicted octanol–water partition coefficient (Wildman–Crippen LogP) is 2.94. The number of aryl methyl sites for hydroxylation is 1. The van der Waals surface area contributed by atoms with E-state index in [1.807, 2.05) is 0 Å². The molecule has 1 aromatic heterocycles. The molecule has 128 valence electrons. The average molecular weight is 331 g/mol. The Morgan fingerprint density at radius 3 is 3.08 bits per heavy atom. The molecule has 1 unspecified atom stereocenters. The lowest BCUT2D eigenvalue weighted by Gasteiger charge is -2.31. The average Bonchev–Trinajstić information content (AvgIpc) is 2.94. The Hall–Kier alpha value is -2.57. The molecule has 1 aromatic carbocycles. The topological polar surface area (TPSA) is 84.7 Å². The van der Waals surface area contributed by atoms with E-state index in [-0.39, 0.29) is 17.9 Å². The molecular formula is C17H21N3O4. The second-order valence-electron chi connectivity index (χ2n) is 5.89. The lowest BCUT2D eigenvalue weighted by atomic mass is 9.97. The Morgan fingerprint density at radius 2 is 2.29 bits per heavy atom. The second-order valence-corrected chi connectivity index (χ2v) is 5.89. The van der Waals surface area contributed by atoms with Crippen LogP contribution in [0.15, 0.2) is 22.6 Å². The quantitative estimate of drug-likeness (QED) is 0.934. The molecule has 1 aliphatic heterocycles. The smallest absolute Gasteiger partial charge is 0.409 e. The fourth-order valence-electron chi connectivity index (χ4n) is 2.94. The fourth-order valence-corrected chi connectivity index (χ4v) is 2.94. The number of nitrogens with one attached hydrogen (secondary N) is 1. The highest BCUT2D eigenvalue weighted by Crippen LogP contribution is 2.22. The summed E-state index contributed by atoms with van der Waals surface area (Å²) in [7, 11) is 0. The Bertz CT molecular complexity index is 755. The first-order valence-electron chi connectivity index (χ1n) is 8.16. The van der Waals surface area contributed by atoms with E-state index in [1.165, 1.54) is 0 Å². The maximum Gasteiger partial charge on any atom is 0.409 e. The number of hydrogen-bond acceptors (Lipinski definition) is 5. The molecule has 7 heteroatoms. The largest absolute Gasteiger partial charge is 0.450 e. The minimum Gasteiger partial charge on any atom is -0.450 e. The number of carbonyl (C=O) groups excluding carboxylic acids is 2. The molecule has 24 heavy (non-hydrogen) atoms. The van der Waals surface area contributed by atoms with Crippen LogP contribution in [0.1, 0.15) is 25.7 Å². The van der Waals surface area contributed by atoms with Gasteiger partial charge in [-0.1, -0.05) is 0 Å². The highest BCUT2D eigenvalue weighted by molar-refractivity contribution is 5.94. The molecule has 1 N–H and O–H groups in total. The monoisotopic (exact) mass is 331 g/mol. The Kier molecular flexibility index (Phi) is 4.69. The number of aromatic nitrogens is 1. The van der Waals surface area contributed by atoms with Gasteiger partial charge in [0.15, 0.2) is 11.5 Å². The van der Waals surface area contributed by atoms with Gasteiger partial charge in [0.25, 0.3) is 0 Å². The molecular weight excluding hydrogens is 310 g/mol. The molecule has 0 saturated carbocycles. The van der Waals surface area contributed by atoms with E-state index in [0.717, 1.165) is 12.8 Å². The fraction of sp³-hybridized carbons (Fsp3) is 0.471. The van der Waals surface area contributed by atoms with Gasteiger partial charge in [-0.2, -0.15) is 0 Å². The summed E-state index contributed by atoms with van der Waals surface area (Å²) in [6.07, 6.45) is 1.19. The lowest BCUT2D eigenvalue weighted by molar-refractivity contribution is -0.121. The van der Waals surface area contributed by atoms with Gasteiger partial charge in [-0.05, 0) is 38.0 Å². The van der Waals surface area contributed by atoms with Crippen molar-refractivity contribution in [2.75, 3.05) is 25.0 Å². The molecule has 0 bridgehead atoms. The number of likely N-dealkylation sites (tertiary alicyclic amines) is 1. The summed E-state index contributed by atoms with van der Waals surface area (Å²) in [5, 5.41) is 2.91. The predicted molar refractivity (Wildman–Crippen MR) is 88.7 cm³/mol. The van der Waals surface area contributed by atoms with Crippen LogP contribution >= 0.6 is 0 Å². The summed E-state index contributed by atoms with van der Waals surface area (Å²) < 4.78 is 10.4. The number of nitrogens with zero attached hydrogens (tertiary/aromatic N) is 2. The zero-order valence-electron chi connectivity index (χ0n) is 13.9. The van der Waals surface area contributed by atoms with E-state index in [9.17, 15) is 9.59 Å². The standard InChI is InChI=1S/C17H21N3O4/c1-3-23-17(22)20-8-4-5-12(10-20)16(21)19-13-6-7-15-14(9-13)18-11(2)24-15/h6-7,9,12H,3-5,8,10H2,1-2H3,(H,19,21). The summed E-state index contributed by atoms with van der Waals surface area (Å²) in [4.78, 5) is 30.2. The van der Waals surface area contributed by atoms with Gasteiger partial charge in [0, 0.05) is 25.7 Å². The van der Waals surface area contributed by atoms with Crippen LogP contribution in [0.2, 0.25) is 0 Å². The lowest BCUT2D eigenvalue weighted by Crippen LogP contribution is -2.44. The van der Waals surface area contributed by atoms with Crippen molar-refractivity contribution >= 4 is 28.8 Å². The maximum atomic E-state index is 12.5. The summed E-state index contributed by atoms with van der Waals surface area (Å²) in [5.74, 6) is 0.257. The minimum atomic E-state index is -0.352.